The molecular formula is C16H32Si. The Kier molecular flexibility index (Phi) is 5.14. The molecule has 0 amide bonds. The lowest BCUT2D eigenvalue weighted by Crippen LogP contribution is -2.32. The number of rotatable bonds is 4. The van der Waals surface area contributed by atoms with E-state index in [0.717, 1.165) is 11.8 Å². The van der Waals surface area contributed by atoms with Crippen molar-refractivity contribution in [3.8, 4) is 0 Å². The zero-order valence-electron chi connectivity index (χ0n) is 12.1. The topological polar surface area (TPSA) is 0 Å². The Morgan fingerprint density at radius 2 is 1.00 bits per heavy atom. The molecule has 0 aromatic carbocycles. The predicted octanol–water partition coefficient (Wildman–Crippen LogP) is 5.86. The lowest BCUT2D eigenvalue weighted by atomic mass is 9.90. The third kappa shape index (κ3) is 4.77. The normalized spacial score (nSPS) is 25.1. The summed E-state index contributed by atoms with van der Waals surface area (Å²) in [5.74, 6) is 2.24. The first-order chi connectivity index (χ1) is 8.16. The van der Waals surface area contributed by atoms with Crippen LogP contribution in [-0.2, 0) is 0 Å². The first-order valence-electron chi connectivity index (χ1n) is 8.16. The summed E-state index contributed by atoms with van der Waals surface area (Å²) in [7, 11) is -0.878. The SMILES string of the molecule is C[Si](C)(CC1CCCCC1)CC1CCCCC1. The highest BCUT2D eigenvalue weighted by Gasteiger charge is 2.29. The minimum atomic E-state index is -0.878. The third-order valence-corrected chi connectivity index (χ3v) is 8.50. The highest BCUT2D eigenvalue weighted by atomic mass is 28.3. The quantitative estimate of drug-likeness (QED) is 0.550. The average molecular weight is 253 g/mol. The van der Waals surface area contributed by atoms with Gasteiger partial charge in [-0.15, -0.1) is 0 Å². The molecule has 0 radical (unpaired) electrons. The van der Waals surface area contributed by atoms with Crippen molar-refractivity contribution in [2.24, 2.45) is 11.8 Å². The standard InChI is InChI=1S/C16H32Si/c1-17(2,13-15-9-5-3-6-10-15)14-16-11-7-4-8-12-16/h15-16H,3-14H2,1-2H3. The molecule has 0 spiro atoms. The van der Waals surface area contributed by atoms with Crippen molar-refractivity contribution in [1.82, 2.24) is 0 Å². The fourth-order valence-corrected chi connectivity index (χ4v) is 8.54. The zero-order valence-corrected chi connectivity index (χ0v) is 13.1. The van der Waals surface area contributed by atoms with E-state index in [0.29, 0.717) is 0 Å². The lowest BCUT2D eigenvalue weighted by molar-refractivity contribution is 0.368. The summed E-state index contributed by atoms with van der Waals surface area (Å²) in [6.45, 7) is 5.35. The number of hydrogen-bond donors (Lipinski definition) is 0. The Morgan fingerprint density at radius 3 is 1.35 bits per heavy atom. The molecule has 17 heavy (non-hydrogen) atoms. The predicted molar refractivity (Wildman–Crippen MR) is 80.2 cm³/mol. The van der Waals surface area contributed by atoms with Crippen LogP contribution in [0.2, 0.25) is 25.2 Å². The highest BCUT2D eigenvalue weighted by molar-refractivity contribution is 6.77. The summed E-state index contributed by atoms with van der Waals surface area (Å²) in [6.07, 6.45) is 15.4. The van der Waals surface area contributed by atoms with E-state index in [2.05, 4.69) is 13.1 Å². The fourth-order valence-electron chi connectivity index (χ4n) is 4.43. The molecule has 1 heteroatoms. The maximum Gasteiger partial charge on any atom is 0.0479 e. The number of hydrogen-bond acceptors (Lipinski definition) is 0. The molecule has 0 N–H and O–H groups in total. The van der Waals surface area contributed by atoms with Gasteiger partial charge in [0, 0.05) is 8.07 Å². The Bertz CT molecular complexity index is 188. The molecule has 0 nitrogen and oxygen atoms in total. The fraction of sp³-hybridized carbons (Fsp3) is 1.00. The molecule has 0 saturated heterocycles. The van der Waals surface area contributed by atoms with E-state index in [1.807, 2.05) is 0 Å². The van der Waals surface area contributed by atoms with Gasteiger partial charge < -0.3 is 0 Å². The van der Waals surface area contributed by atoms with E-state index >= 15 is 0 Å². The van der Waals surface area contributed by atoms with E-state index < -0.39 is 8.07 Å². The van der Waals surface area contributed by atoms with Crippen LogP contribution < -0.4 is 0 Å². The molecule has 0 aromatic rings. The summed E-state index contributed by atoms with van der Waals surface area (Å²) >= 11 is 0. The molecule has 2 saturated carbocycles. The first-order valence-corrected chi connectivity index (χ1v) is 11.6. The van der Waals surface area contributed by atoms with Crippen LogP contribution in [0.25, 0.3) is 0 Å². The van der Waals surface area contributed by atoms with Gasteiger partial charge in [-0.2, -0.15) is 0 Å². The van der Waals surface area contributed by atoms with Crippen molar-refractivity contribution in [3.05, 3.63) is 0 Å². The Morgan fingerprint density at radius 1 is 0.647 bits per heavy atom. The summed E-state index contributed by atoms with van der Waals surface area (Å²) in [4.78, 5) is 0. The molecule has 0 bridgehead atoms. The van der Waals surface area contributed by atoms with Gasteiger partial charge in [0.25, 0.3) is 0 Å². The van der Waals surface area contributed by atoms with Gasteiger partial charge in [0.05, 0.1) is 0 Å². The van der Waals surface area contributed by atoms with Gasteiger partial charge in [-0.05, 0) is 11.8 Å². The second-order valence-electron chi connectivity index (χ2n) is 7.58. The molecule has 2 aliphatic rings. The lowest BCUT2D eigenvalue weighted by Gasteiger charge is -2.34. The van der Waals surface area contributed by atoms with Crippen molar-refractivity contribution >= 4 is 8.07 Å². The first kappa shape index (κ1) is 13.6. The maximum absolute atomic E-state index is 2.68. The summed E-state index contributed by atoms with van der Waals surface area (Å²) in [5, 5.41) is 0. The van der Waals surface area contributed by atoms with E-state index in [4.69, 9.17) is 0 Å². The van der Waals surface area contributed by atoms with E-state index in [-0.39, 0.29) is 0 Å². The van der Waals surface area contributed by atoms with Gasteiger partial charge in [-0.25, -0.2) is 0 Å². The summed E-state index contributed by atoms with van der Waals surface area (Å²) in [5.41, 5.74) is 0. The van der Waals surface area contributed by atoms with Gasteiger partial charge >= 0.3 is 0 Å². The molecule has 0 aromatic heterocycles. The Hall–Kier alpha value is 0.217. The molecular weight excluding hydrogens is 220 g/mol. The Labute approximate surface area is 110 Å². The van der Waals surface area contributed by atoms with E-state index in [1.54, 1.807) is 37.8 Å². The smallest absolute Gasteiger partial charge is 0.0479 e. The van der Waals surface area contributed by atoms with Crippen molar-refractivity contribution in [3.63, 3.8) is 0 Å². The van der Waals surface area contributed by atoms with E-state index in [1.165, 1.54) is 38.5 Å². The van der Waals surface area contributed by atoms with Crippen LogP contribution in [0.3, 0.4) is 0 Å². The van der Waals surface area contributed by atoms with Gasteiger partial charge in [-0.3, -0.25) is 0 Å². The minimum Gasteiger partial charge on any atom is -0.0693 e. The third-order valence-electron chi connectivity index (χ3n) is 5.13. The van der Waals surface area contributed by atoms with Crippen LogP contribution in [0.4, 0.5) is 0 Å². The van der Waals surface area contributed by atoms with Crippen LogP contribution in [0, 0.1) is 11.8 Å². The van der Waals surface area contributed by atoms with Crippen molar-refractivity contribution in [2.75, 3.05) is 0 Å². The van der Waals surface area contributed by atoms with Gasteiger partial charge in [-0.1, -0.05) is 89.4 Å². The van der Waals surface area contributed by atoms with Crippen molar-refractivity contribution in [1.29, 1.82) is 0 Å². The van der Waals surface area contributed by atoms with Crippen LogP contribution in [-0.4, -0.2) is 8.07 Å². The van der Waals surface area contributed by atoms with Crippen LogP contribution in [0.1, 0.15) is 64.2 Å². The largest absolute Gasteiger partial charge is 0.0693 e. The molecule has 0 atom stereocenters. The second kappa shape index (κ2) is 6.40. The summed E-state index contributed by atoms with van der Waals surface area (Å²) < 4.78 is 0. The molecule has 100 valence electrons. The van der Waals surface area contributed by atoms with Crippen molar-refractivity contribution < 1.29 is 0 Å². The van der Waals surface area contributed by atoms with Gasteiger partial charge in [0.1, 0.15) is 0 Å². The zero-order chi connectivity index (χ0) is 12.1. The molecule has 0 aliphatic heterocycles. The minimum absolute atomic E-state index is 0.878. The Balaban J connectivity index is 1.75. The van der Waals surface area contributed by atoms with Crippen molar-refractivity contribution in [2.45, 2.75) is 89.4 Å². The molecule has 2 rings (SSSR count). The molecule has 2 fully saturated rings. The second-order valence-corrected chi connectivity index (χ2v) is 12.7. The maximum atomic E-state index is 2.68. The molecule has 0 unspecified atom stereocenters. The van der Waals surface area contributed by atoms with Gasteiger partial charge in [0.15, 0.2) is 0 Å². The molecule has 2 aliphatic carbocycles. The van der Waals surface area contributed by atoms with Crippen LogP contribution >= 0.6 is 0 Å². The molecule has 0 heterocycles. The van der Waals surface area contributed by atoms with Crippen LogP contribution in [0.5, 0.6) is 0 Å². The van der Waals surface area contributed by atoms with Crippen LogP contribution in [0.15, 0.2) is 0 Å². The van der Waals surface area contributed by atoms with E-state index in [9.17, 15) is 0 Å². The summed E-state index contributed by atoms with van der Waals surface area (Å²) in [6, 6.07) is 3.28. The van der Waals surface area contributed by atoms with Gasteiger partial charge in [0.2, 0.25) is 0 Å². The highest BCUT2D eigenvalue weighted by Crippen LogP contribution is 2.37. The monoisotopic (exact) mass is 252 g/mol. The average Bonchev–Trinajstić information content (AvgIpc) is 2.30.